The molecule has 11 rings (SSSR count). The molecule has 10 aromatic rings. The molecule has 0 fully saturated rings. The Morgan fingerprint density at radius 3 is 2.00 bits per heavy atom. The fourth-order valence-electron chi connectivity index (χ4n) is 8.03. The van der Waals surface area contributed by atoms with Gasteiger partial charge in [-0.25, -0.2) is 9.97 Å². The molecule has 5 nitrogen and oxygen atoms in total. The Bertz CT molecular complexity index is 3050. The number of nitrogens with zero attached hydrogens (tertiary/aromatic N) is 4. The molecule has 2 aromatic heterocycles. The number of fused-ring (bicyclic) bond motifs is 7. The maximum atomic E-state index is 6.87. The van der Waals surface area contributed by atoms with Gasteiger partial charge in [0.05, 0.1) is 33.4 Å². The Morgan fingerprint density at radius 1 is 0.453 bits per heavy atom. The Hall–Kier alpha value is -7.24. The number of hydrogen-bond donors (Lipinski definition) is 0. The second-order valence-corrected chi connectivity index (χ2v) is 13.4. The predicted octanol–water partition coefficient (Wildman–Crippen LogP) is 12.8. The number of anilines is 3. The molecule has 248 valence electrons. The van der Waals surface area contributed by atoms with Gasteiger partial charge in [0.1, 0.15) is 11.4 Å². The molecule has 1 aliphatic heterocycles. The molecule has 0 saturated carbocycles. The summed E-state index contributed by atoms with van der Waals surface area (Å²) < 4.78 is 9.14. The molecule has 0 amide bonds. The summed E-state index contributed by atoms with van der Waals surface area (Å²) in [6.07, 6.45) is 0. The summed E-state index contributed by atoms with van der Waals surface area (Å²) in [6, 6.07) is 63.6. The summed E-state index contributed by atoms with van der Waals surface area (Å²) >= 11 is 0. The van der Waals surface area contributed by atoms with Gasteiger partial charge in [-0.3, -0.25) is 4.57 Å². The summed E-state index contributed by atoms with van der Waals surface area (Å²) in [7, 11) is 0. The van der Waals surface area contributed by atoms with Crippen molar-refractivity contribution < 1.29 is 4.74 Å². The summed E-state index contributed by atoms with van der Waals surface area (Å²) in [5, 5.41) is 4.50. The average molecular weight is 679 g/mol. The molecule has 0 N–H and O–H groups in total. The van der Waals surface area contributed by atoms with Crippen LogP contribution in [0.15, 0.2) is 182 Å². The first-order valence-electron chi connectivity index (χ1n) is 17.8. The first-order chi connectivity index (χ1) is 26.3. The number of hydrogen-bond acceptors (Lipinski definition) is 4. The van der Waals surface area contributed by atoms with E-state index in [1.165, 1.54) is 0 Å². The molecule has 3 heterocycles. The zero-order valence-corrected chi connectivity index (χ0v) is 28.5. The highest BCUT2D eigenvalue weighted by Gasteiger charge is 2.26. The van der Waals surface area contributed by atoms with E-state index in [1.54, 1.807) is 0 Å². The smallest absolute Gasteiger partial charge is 0.165 e. The second kappa shape index (κ2) is 11.7. The van der Waals surface area contributed by atoms with Crippen LogP contribution in [0.3, 0.4) is 0 Å². The molecule has 1 aliphatic rings. The normalized spacial score (nSPS) is 12.3. The van der Waals surface area contributed by atoms with Crippen LogP contribution >= 0.6 is 0 Å². The van der Waals surface area contributed by atoms with Gasteiger partial charge in [0, 0.05) is 33.0 Å². The van der Waals surface area contributed by atoms with Gasteiger partial charge in [0.25, 0.3) is 0 Å². The molecule has 0 atom stereocenters. The minimum atomic E-state index is 0.785. The number of aromatic nitrogens is 3. The van der Waals surface area contributed by atoms with E-state index in [0.29, 0.717) is 0 Å². The van der Waals surface area contributed by atoms with E-state index in [-0.39, 0.29) is 0 Å². The number of para-hydroxylation sites is 6. The minimum absolute atomic E-state index is 0.785. The Morgan fingerprint density at radius 2 is 1.11 bits per heavy atom. The van der Waals surface area contributed by atoms with Gasteiger partial charge in [-0.1, -0.05) is 121 Å². The van der Waals surface area contributed by atoms with Crippen LogP contribution in [0.5, 0.6) is 11.5 Å². The lowest BCUT2D eigenvalue weighted by Crippen LogP contribution is -2.12. The van der Waals surface area contributed by atoms with Crippen LogP contribution in [0.1, 0.15) is 0 Å². The SMILES string of the molecule is c1ccc(-c2nc3ccccc3nc2-n2c3ccccc3c3cc(N4c5ccccc5Oc5cccc6cccc(c56)-c5ccccc54)ccc32)cc1. The molecule has 0 aliphatic carbocycles. The largest absolute Gasteiger partial charge is 0.454 e. The first kappa shape index (κ1) is 29.5. The third kappa shape index (κ3) is 4.57. The predicted molar refractivity (Wildman–Crippen MR) is 217 cm³/mol. The maximum Gasteiger partial charge on any atom is 0.165 e. The van der Waals surface area contributed by atoms with Gasteiger partial charge in [-0.15, -0.1) is 0 Å². The highest BCUT2D eigenvalue weighted by Crippen LogP contribution is 2.50. The standard InChI is InChI=1S/C48H30N4O/c1-2-14-32(15-3-1)47-48(50-39-22-7-6-21-38(39)49-47)52-41-24-9-5-19-35(41)37-30-33(28-29-42(37)52)51-40-23-8-4-18-34(40)36-20-12-16-31-17-13-27-45(46(31)36)53-44-26-11-10-25-43(44)51/h1-30H. The highest BCUT2D eigenvalue weighted by atomic mass is 16.5. The van der Waals surface area contributed by atoms with Crippen LogP contribution in [0, 0.1) is 0 Å². The second-order valence-electron chi connectivity index (χ2n) is 13.4. The fourth-order valence-corrected chi connectivity index (χ4v) is 8.03. The van der Waals surface area contributed by atoms with Crippen molar-refractivity contribution in [1.82, 2.24) is 14.5 Å². The summed E-state index contributed by atoms with van der Waals surface area (Å²) in [5.41, 5.74) is 11.0. The van der Waals surface area contributed by atoms with E-state index in [2.05, 4.69) is 155 Å². The van der Waals surface area contributed by atoms with Crippen LogP contribution in [-0.2, 0) is 0 Å². The van der Waals surface area contributed by atoms with Crippen molar-refractivity contribution in [3.8, 4) is 39.7 Å². The van der Waals surface area contributed by atoms with Crippen molar-refractivity contribution in [3.05, 3.63) is 182 Å². The molecule has 0 bridgehead atoms. The van der Waals surface area contributed by atoms with Crippen LogP contribution in [-0.4, -0.2) is 14.5 Å². The third-order valence-corrected chi connectivity index (χ3v) is 10.4. The molecule has 5 heteroatoms. The van der Waals surface area contributed by atoms with Crippen molar-refractivity contribution in [2.24, 2.45) is 0 Å². The quantitative estimate of drug-likeness (QED) is 0.187. The van der Waals surface area contributed by atoms with Crippen molar-refractivity contribution in [1.29, 1.82) is 0 Å². The monoisotopic (exact) mass is 678 g/mol. The topological polar surface area (TPSA) is 43.2 Å². The van der Waals surface area contributed by atoms with Crippen molar-refractivity contribution in [2.45, 2.75) is 0 Å². The van der Waals surface area contributed by atoms with E-state index in [9.17, 15) is 0 Å². The molecule has 0 spiro atoms. The van der Waals surface area contributed by atoms with Gasteiger partial charge >= 0.3 is 0 Å². The van der Waals surface area contributed by atoms with Crippen LogP contribution in [0.2, 0.25) is 0 Å². The van der Waals surface area contributed by atoms with Crippen molar-refractivity contribution in [2.75, 3.05) is 4.90 Å². The Labute approximate surface area is 305 Å². The van der Waals surface area contributed by atoms with Gasteiger partial charge in [-0.2, -0.15) is 0 Å². The maximum absolute atomic E-state index is 6.87. The minimum Gasteiger partial charge on any atom is -0.454 e. The molecule has 53 heavy (non-hydrogen) atoms. The zero-order chi connectivity index (χ0) is 34.9. The lowest BCUT2D eigenvalue weighted by Gasteiger charge is -2.28. The van der Waals surface area contributed by atoms with Crippen LogP contribution < -0.4 is 9.64 Å². The summed E-state index contributed by atoms with van der Waals surface area (Å²) in [6.45, 7) is 0. The van der Waals surface area contributed by atoms with Gasteiger partial charge in [-0.05, 0) is 71.6 Å². The number of rotatable bonds is 3. The lowest BCUT2D eigenvalue weighted by molar-refractivity contribution is 0.490. The van der Waals surface area contributed by atoms with Crippen molar-refractivity contribution >= 4 is 60.7 Å². The lowest BCUT2D eigenvalue weighted by atomic mass is 9.95. The summed E-state index contributed by atoms with van der Waals surface area (Å²) in [4.78, 5) is 12.9. The zero-order valence-electron chi connectivity index (χ0n) is 28.5. The third-order valence-electron chi connectivity index (χ3n) is 10.4. The summed E-state index contributed by atoms with van der Waals surface area (Å²) in [5.74, 6) is 2.42. The molecule has 8 aromatic carbocycles. The van der Waals surface area contributed by atoms with E-state index < -0.39 is 0 Å². The first-order valence-corrected chi connectivity index (χ1v) is 17.8. The van der Waals surface area contributed by atoms with E-state index >= 15 is 0 Å². The van der Waals surface area contributed by atoms with E-state index in [0.717, 1.165) is 100 Å². The van der Waals surface area contributed by atoms with Gasteiger partial charge in [0.15, 0.2) is 11.6 Å². The van der Waals surface area contributed by atoms with Crippen molar-refractivity contribution in [3.63, 3.8) is 0 Å². The average Bonchev–Trinajstić information content (AvgIpc) is 3.56. The molecule has 0 saturated heterocycles. The molecular formula is C48H30N4O. The molecule has 0 radical (unpaired) electrons. The number of ether oxygens (including phenoxy) is 1. The van der Waals surface area contributed by atoms with E-state index in [4.69, 9.17) is 14.7 Å². The molecule has 0 unspecified atom stereocenters. The van der Waals surface area contributed by atoms with Gasteiger partial charge < -0.3 is 9.64 Å². The Balaban J connectivity index is 1.20. The molecular weight excluding hydrogens is 649 g/mol. The van der Waals surface area contributed by atoms with Crippen LogP contribution in [0.4, 0.5) is 17.1 Å². The Kier molecular flexibility index (Phi) is 6.48. The highest BCUT2D eigenvalue weighted by molar-refractivity contribution is 6.12. The van der Waals surface area contributed by atoms with E-state index in [1.807, 2.05) is 36.4 Å². The fraction of sp³-hybridized carbons (Fsp3) is 0. The van der Waals surface area contributed by atoms with Crippen LogP contribution in [0.25, 0.3) is 71.8 Å². The van der Waals surface area contributed by atoms with Gasteiger partial charge in [0.2, 0.25) is 0 Å². The number of benzene rings is 8.